The minimum Gasteiger partial charge on any atom is -0.467 e. The van der Waals surface area contributed by atoms with E-state index < -0.39 is 36.1 Å². The van der Waals surface area contributed by atoms with Crippen molar-refractivity contribution in [1.29, 1.82) is 0 Å². The number of nitrogens with one attached hydrogen (secondary N) is 2. The van der Waals surface area contributed by atoms with Crippen LogP contribution in [0.4, 0.5) is 10.1 Å². The molecule has 0 saturated carbocycles. The summed E-state index contributed by atoms with van der Waals surface area (Å²) in [7, 11) is 0. The van der Waals surface area contributed by atoms with Crippen molar-refractivity contribution in [1.82, 2.24) is 10.6 Å². The Hall–Kier alpha value is -4.57. The Kier molecular flexibility index (Phi) is 8.44. The lowest BCUT2D eigenvalue weighted by Gasteiger charge is -2.32. The molecule has 3 amide bonds. The van der Waals surface area contributed by atoms with Crippen LogP contribution >= 0.6 is 11.3 Å². The number of hydrogen-bond acceptors (Lipinski definition) is 6. The molecule has 0 spiro atoms. The molecule has 1 atom stereocenters. The van der Waals surface area contributed by atoms with Gasteiger partial charge in [0.15, 0.2) is 5.78 Å². The topological polar surface area (TPSA) is 109 Å². The van der Waals surface area contributed by atoms with Gasteiger partial charge in [0.25, 0.3) is 5.91 Å². The molecule has 4 rings (SSSR count). The van der Waals surface area contributed by atoms with Gasteiger partial charge in [-0.25, -0.2) is 4.39 Å². The Labute approximate surface area is 222 Å². The number of carbonyl (C=O) groups excluding carboxylic acids is 4. The Morgan fingerprint density at radius 1 is 0.947 bits per heavy atom. The Bertz CT molecular complexity index is 1420. The van der Waals surface area contributed by atoms with Crippen LogP contribution in [0.5, 0.6) is 0 Å². The number of thiophene rings is 1. The third-order valence-electron chi connectivity index (χ3n) is 5.69. The molecule has 2 aromatic heterocycles. The van der Waals surface area contributed by atoms with Gasteiger partial charge in [-0.2, -0.15) is 0 Å². The van der Waals surface area contributed by atoms with Crippen molar-refractivity contribution in [2.24, 2.45) is 0 Å². The van der Waals surface area contributed by atoms with Gasteiger partial charge < -0.3 is 15.1 Å². The van der Waals surface area contributed by atoms with Gasteiger partial charge >= 0.3 is 0 Å². The van der Waals surface area contributed by atoms with E-state index in [2.05, 4.69) is 10.6 Å². The molecule has 2 aromatic carbocycles. The van der Waals surface area contributed by atoms with E-state index in [0.717, 1.165) is 4.90 Å². The quantitative estimate of drug-likeness (QED) is 0.292. The maximum absolute atomic E-state index is 15.1. The van der Waals surface area contributed by atoms with E-state index in [1.807, 2.05) is 0 Å². The third-order valence-corrected chi connectivity index (χ3v) is 6.56. The van der Waals surface area contributed by atoms with E-state index in [4.69, 9.17) is 4.42 Å². The lowest BCUT2D eigenvalue weighted by atomic mass is 10.0. The molecule has 0 aliphatic carbocycles. The molecular formula is C28H24FN3O5S. The summed E-state index contributed by atoms with van der Waals surface area (Å²) in [5, 5.41) is 7.00. The summed E-state index contributed by atoms with van der Waals surface area (Å²) in [6, 6.07) is 16.9. The fourth-order valence-electron chi connectivity index (χ4n) is 3.81. The number of ketones is 1. The number of rotatable bonds is 10. The normalized spacial score (nSPS) is 11.4. The number of amides is 3. The summed E-state index contributed by atoms with van der Waals surface area (Å²) in [5.74, 6) is -2.18. The van der Waals surface area contributed by atoms with Crippen LogP contribution in [-0.2, 0) is 16.1 Å². The van der Waals surface area contributed by atoms with E-state index in [-0.39, 0.29) is 23.6 Å². The molecule has 0 aliphatic rings. The van der Waals surface area contributed by atoms with E-state index in [1.54, 1.807) is 35.7 Å². The smallest absolute Gasteiger partial charge is 0.261 e. The molecule has 0 bridgehead atoms. The summed E-state index contributed by atoms with van der Waals surface area (Å²) >= 11 is 1.22. The number of carbonyl (C=O) groups is 4. The van der Waals surface area contributed by atoms with Gasteiger partial charge in [-0.3, -0.25) is 24.1 Å². The number of Topliss-reactive ketones (excluding diaryl/α,β-unsaturated/α-hetero) is 1. The molecule has 10 heteroatoms. The molecule has 0 aliphatic heterocycles. The number of nitrogens with zero attached hydrogens (tertiary/aromatic N) is 1. The van der Waals surface area contributed by atoms with Crippen molar-refractivity contribution in [3.05, 3.63) is 112 Å². The molecule has 2 N–H and O–H groups in total. The van der Waals surface area contributed by atoms with Crippen LogP contribution in [-0.4, -0.2) is 30.0 Å². The zero-order valence-electron chi connectivity index (χ0n) is 20.3. The van der Waals surface area contributed by atoms with Crippen LogP contribution in [0.2, 0.25) is 0 Å². The van der Waals surface area contributed by atoms with Gasteiger partial charge in [-0.05, 0) is 60.8 Å². The average molecular weight is 534 g/mol. The van der Waals surface area contributed by atoms with Gasteiger partial charge in [0.05, 0.1) is 24.2 Å². The standard InChI is InChI=1S/C28H24FN3O5S/c1-18(33)19-10-12-20(13-11-19)32(25(34)17-31-27(35)24-9-5-15-38-24)26(22-7-2-3-8-23(22)29)28(36)30-16-21-6-4-14-37-21/h2-15,26H,16-17H2,1H3,(H,30,36)(H,31,35)/t26-/m1/s1. The van der Waals surface area contributed by atoms with Crippen molar-refractivity contribution >= 4 is 40.5 Å². The zero-order chi connectivity index (χ0) is 27.1. The van der Waals surface area contributed by atoms with Crippen LogP contribution < -0.4 is 15.5 Å². The SMILES string of the molecule is CC(=O)c1ccc(N(C(=O)CNC(=O)c2cccs2)[C@@H](C(=O)NCc2ccco2)c2ccccc2F)cc1. The average Bonchev–Trinajstić information content (AvgIpc) is 3.64. The lowest BCUT2D eigenvalue weighted by Crippen LogP contribution is -2.47. The van der Waals surface area contributed by atoms with Crippen molar-refractivity contribution in [3.8, 4) is 0 Å². The summed E-state index contributed by atoms with van der Waals surface area (Å²) in [5.41, 5.74) is 0.599. The van der Waals surface area contributed by atoms with Gasteiger partial charge in [-0.15, -0.1) is 11.3 Å². The Morgan fingerprint density at radius 2 is 1.71 bits per heavy atom. The molecule has 8 nitrogen and oxygen atoms in total. The first kappa shape index (κ1) is 26.5. The molecular weight excluding hydrogens is 509 g/mol. The van der Waals surface area contributed by atoms with Crippen LogP contribution in [0, 0.1) is 5.82 Å². The van der Waals surface area contributed by atoms with E-state index >= 15 is 4.39 Å². The van der Waals surface area contributed by atoms with Crippen LogP contribution in [0.1, 0.15) is 44.3 Å². The van der Waals surface area contributed by atoms with Crippen LogP contribution in [0.3, 0.4) is 0 Å². The van der Waals surface area contributed by atoms with Gasteiger partial charge in [-0.1, -0.05) is 24.3 Å². The predicted molar refractivity (Wildman–Crippen MR) is 140 cm³/mol. The number of furan rings is 1. The fraction of sp³-hybridized carbons (Fsp3) is 0.143. The second-order valence-electron chi connectivity index (χ2n) is 8.25. The molecule has 38 heavy (non-hydrogen) atoms. The highest BCUT2D eigenvalue weighted by atomic mass is 32.1. The lowest BCUT2D eigenvalue weighted by molar-refractivity contribution is -0.126. The summed E-state index contributed by atoms with van der Waals surface area (Å²) < 4.78 is 20.3. The molecule has 0 saturated heterocycles. The maximum atomic E-state index is 15.1. The summed E-state index contributed by atoms with van der Waals surface area (Å²) in [6.07, 6.45) is 1.46. The third kappa shape index (κ3) is 6.22. The van der Waals surface area contributed by atoms with Crippen molar-refractivity contribution < 1.29 is 28.0 Å². The molecule has 0 fully saturated rings. The van der Waals surface area contributed by atoms with E-state index in [1.165, 1.54) is 67.0 Å². The summed E-state index contributed by atoms with van der Waals surface area (Å²) in [6.45, 7) is 0.959. The van der Waals surface area contributed by atoms with Gasteiger partial charge in [0.2, 0.25) is 11.8 Å². The maximum Gasteiger partial charge on any atom is 0.261 e. The first-order valence-electron chi connectivity index (χ1n) is 11.6. The second-order valence-corrected chi connectivity index (χ2v) is 9.20. The highest BCUT2D eigenvalue weighted by Gasteiger charge is 2.34. The van der Waals surface area contributed by atoms with Crippen LogP contribution in [0.25, 0.3) is 0 Å². The number of anilines is 1. The fourth-order valence-corrected chi connectivity index (χ4v) is 4.45. The van der Waals surface area contributed by atoms with Gasteiger partial charge in [0, 0.05) is 16.8 Å². The molecule has 2 heterocycles. The van der Waals surface area contributed by atoms with Gasteiger partial charge in [0.1, 0.15) is 17.6 Å². The monoisotopic (exact) mass is 533 g/mol. The van der Waals surface area contributed by atoms with Crippen molar-refractivity contribution in [3.63, 3.8) is 0 Å². The number of hydrogen-bond donors (Lipinski definition) is 2. The second kappa shape index (κ2) is 12.1. The molecule has 4 aromatic rings. The predicted octanol–water partition coefficient (Wildman–Crippen LogP) is 4.50. The number of benzene rings is 2. The van der Waals surface area contributed by atoms with E-state index in [0.29, 0.717) is 16.2 Å². The minimum atomic E-state index is -1.43. The first-order chi connectivity index (χ1) is 18.3. The first-order valence-corrected chi connectivity index (χ1v) is 12.5. The minimum absolute atomic E-state index is 0.0111. The Morgan fingerprint density at radius 3 is 2.34 bits per heavy atom. The van der Waals surface area contributed by atoms with Crippen LogP contribution in [0.15, 0.2) is 88.9 Å². The Balaban J connectivity index is 1.71. The molecule has 0 unspecified atom stereocenters. The summed E-state index contributed by atoms with van der Waals surface area (Å²) in [4.78, 5) is 53.0. The van der Waals surface area contributed by atoms with Crippen molar-refractivity contribution in [2.75, 3.05) is 11.4 Å². The molecule has 0 radical (unpaired) electrons. The number of halogens is 1. The highest BCUT2D eigenvalue weighted by Crippen LogP contribution is 2.30. The zero-order valence-corrected chi connectivity index (χ0v) is 21.2. The largest absolute Gasteiger partial charge is 0.467 e. The van der Waals surface area contributed by atoms with E-state index in [9.17, 15) is 19.2 Å². The molecule has 194 valence electrons. The highest BCUT2D eigenvalue weighted by molar-refractivity contribution is 7.12. The van der Waals surface area contributed by atoms with Crippen molar-refractivity contribution in [2.45, 2.75) is 19.5 Å².